The van der Waals surface area contributed by atoms with Crippen molar-refractivity contribution in [3.05, 3.63) is 5.92 Å². The molecule has 0 aliphatic heterocycles. The van der Waals surface area contributed by atoms with Crippen LogP contribution in [0.5, 0.6) is 0 Å². The molecule has 4 fully saturated rings. The quantitative estimate of drug-likeness (QED) is 0.492. The molecule has 0 heterocycles. The van der Waals surface area contributed by atoms with Crippen molar-refractivity contribution in [3.8, 4) is 0 Å². The van der Waals surface area contributed by atoms with Gasteiger partial charge in [0, 0.05) is 16.2 Å². The zero-order valence-electron chi connectivity index (χ0n) is 13.5. The highest BCUT2D eigenvalue weighted by Gasteiger charge is 2.67. The van der Waals surface area contributed by atoms with E-state index < -0.39 is 0 Å². The molecule has 4 bridgehead atoms. The van der Waals surface area contributed by atoms with Crippen LogP contribution < -0.4 is 0 Å². The summed E-state index contributed by atoms with van der Waals surface area (Å²) in [6.45, 7) is 7.22. The molecule has 0 aromatic rings. The molecule has 4 rings (SSSR count). The molecular weight excluding hydrogens is 228 g/mol. The second-order valence-corrected chi connectivity index (χ2v) is 8.56. The Bertz CT molecular complexity index is 269. The van der Waals surface area contributed by atoms with Gasteiger partial charge in [0.15, 0.2) is 0 Å². The lowest BCUT2D eigenvalue weighted by Crippen LogP contribution is -2.56. The van der Waals surface area contributed by atoms with Crippen molar-refractivity contribution in [1.82, 2.24) is 0 Å². The zero-order valence-corrected chi connectivity index (χ0v) is 13.5. The summed E-state index contributed by atoms with van der Waals surface area (Å²) in [6.07, 6.45) is 18.0. The summed E-state index contributed by atoms with van der Waals surface area (Å²) in [5.41, 5.74) is 2.22. The van der Waals surface area contributed by atoms with Gasteiger partial charge in [-0.15, -0.1) is 0 Å². The van der Waals surface area contributed by atoms with Gasteiger partial charge in [-0.1, -0.05) is 40.0 Å². The van der Waals surface area contributed by atoms with Crippen molar-refractivity contribution in [2.45, 2.75) is 97.8 Å². The van der Waals surface area contributed by atoms with Crippen LogP contribution >= 0.6 is 0 Å². The van der Waals surface area contributed by atoms with Crippen LogP contribution in [0.25, 0.3) is 0 Å². The Hall–Kier alpha value is -0.130. The molecule has 0 amide bonds. The van der Waals surface area contributed by atoms with Crippen LogP contribution in [0.1, 0.15) is 97.8 Å². The van der Waals surface area contributed by atoms with Gasteiger partial charge >= 0.3 is 0 Å². The minimum absolute atomic E-state index is 0.739. The van der Waals surface area contributed by atoms with E-state index in [-0.39, 0.29) is 0 Å². The average molecular weight is 261 g/mol. The molecule has 0 radical (unpaired) electrons. The van der Waals surface area contributed by atoms with E-state index in [0.29, 0.717) is 0 Å². The van der Waals surface area contributed by atoms with Gasteiger partial charge in [-0.2, -0.15) is 0 Å². The van der Waals surface area contributed by atoms with E-state index in [1.165, 1.54) is 57.8 Å². The van der Waals surface area contributed by atoms with Crippen LogP contribution in [-0.2, 0) is 0 Å². The van der Waals surface area contributed by atoms with Crippen LogP contribution in [0.3, 0.4) is 0 Å². The summed E-state index contributed by atoms with van der Waals surface area (Å²) in [4.78, 5) is 0. The maximum absolute atomic E-state index is 2.41. The molecule has 0 unspecified atom stereocenters. The summed E-state index contributed by atoms with van der Waals surface area (Å²) >= 11 is 0. The third-order valence-corrected chi connectivity index (χ3v) is 6.47. The Morgan fingerprint density at radius 2 is 0.947 bits per heavy atom. The third-order valence-electron chi connectivity index (χ3n) is 6.47. The molecule has 4 aliphatic rings. The summed E-state index contributed by atoms with van der Waals surface area (Å²) in [5, 5.41) is 0. The molecule has 0 aromatic carbocycles. The van der Waals surface area contributed by atoms with Gasteiger partial charge in [0.2, 0.25) is 0 Å². The highest BCUT2D eigenvalue weighted by molar-refractivity contribution is 5.22. The Labute approximate surface area is 120 Å². The predicted molar refractivity (Wildman–Crippen MR) is 83.0 cm³/mol. The minimum Gasteiger partial charge on any atom is -0.0654 e. The lowest BCUT2D eigenvalue weighted by Gasteiger charge is -2.62. The zero-order chi connectivity index (χ0) is 13.6. The molecule has 4 aliphatic carbocycles. The number of hydrogen-bond donors (Lipinski definition) is 0. The fourth-order valence-electron chi connectivity index (χ4n) is 7.11. The number of hydrogen-bond acceptors (Lipinski definition) is 0. The van der Waals surface area contributed by atoms with Crippen molar-refractivity contribution in [3.63, 3.8) is 0 Å². The summed E-state index contributed by atoms with van der Waals surface area (Å²) in [6, 6.07) is 0. The maximum atomic E-state index is 2.41. The van der Waals surface area contributed by atoms with Gasteiger partial charge in [0.25, 0.3) is 0 Å². The van der Waals surface area contributed by atoms with Gasteiger partial charge in [-0.25, -0.2) is 0 Å². The Kier molecular flexibility index (Phi) is 3.43. The van der Waals surface area contributed by atoms with Crippen LogP contribution in [0.4, 0.5) is 0 Å². The fourth-order valence-corrected chi connectivity index (χ4v) is 7.11. The van der Waals surface area contributed by atoms with E-state index in [9.17, 15) is 0 Å². The normalized spacial score (nSPS) is 44.1. The molecule has 19 heavy (non-hydrogen) atoms. The minimum atomic E-state index is 0.739. The molecule has 0 heteroatoms. The first-order chi connectivity index (χ1) is 9.09. The van der Waals surface area contributed by atoms with Crippen LogP contribution in [0, 0.1) is 22.2 Å². The van der Waals surface area contributed by atoms with Gasteiger partial charge < -0.3 is 0 Å². The van der Waals surface area contributed by atoms with Crippen molar-refractivity contribution in [2.75, 3.05) is 0 Å². The van der Waals surface area contributed by atoms with E-state index in [0.717, 1.165) is 16.2 Å². The van der Waals surface area contributed by atoms with E-state index in [1.54, 1.807) is 19.3 Å². The predicted octanol–water partition coefficient (Wildman–Crippen LogP) is 6.30. The Balaban J connectivity index is 1.91. The molecule has 0 atom stereocenters. The third kappa shape index (κ3) is 2.24. The average Bonchev–Trinajstić information content (AvgIpc) is 2.26. The lowest BCUT2D eigenvalue weighted by molar-refractivity contribution is -0.122. The molecule has 0 nitrogen and oxygen atoms in total. The van der Waals surface area contributed by atoms with Gasteiger partial charge in [0.05, 0.1) is 25.2 Å². The second-order valence-electron chi connectivity index (χ2n) is 8.56. The highest BCUT2D eigenvalue weighted by Crippen LogP contribution is 2.73. The first kappa shape index (κ1) is 13.8. The smallest absolute Gasteiger partial charge is 0.0654 e. The van der Waals surface area contributed by atoms with E-state index in [2.05, 4.69) is 20.8 Å². The fraction of sp³-hybridized carbons (Fsp3) is 0.947. The maximum Gasteiger partial charge on any atom is 0.0957 e. The standard InChI is InChI=1S/C19H33/c1-4-7-17-10-16-11-18(13-17,8-5-2)15-19(12-16,14-17)9-6-3/h4-15H2,1-3H3/q+1. The lowest BCUT2D eigenvalue weighted by atomic mass is 9.37. The molecule has 0 N–H and O–H groups in total. The van der Waals surface area contributed by atoms with E-state index in [1.807, 2.05) is 5.92 Å². The first-order valence-corrected chi connectivity index (χ1v) is 8.92. The molecule has 4 saturated carbocycles. The first-order valence-electron chi connectivity index (χ1n) is 8.92. The van der Waals surface area contributed by atoms with E-state index >= 15 is 0 Å². The molecular formula is C19H33+. The molecule has 108 valence electrons. The molecule has 0 aromatic heterocycles. The summed E-state index contributed by atoms with van der Waals surface area (Å²) in [7, 11) is 0. The SMILES string of the molecule is CCCC12C[C+]3CC(CCC)(C1)CC(CCC)(C3)C2. The molecule has 0 saturated heterocycles. The van der Waals surface area contributed by atoms with Gasteiger partial charge in [-0.3, -0.25) is 0 Å². The van der Waals surface area contributed by atoms with Crippen LogP contribution in [-0.4, -0.2) is 0 Å². The summed E-state index contributed by atoms with van der Waals surface area (Å²) in [5.74, 6) is 1.99. The highest BCUT2D eigenvalue weighted by atomic mass is 14.7. The monoisotopic (exact) mass is 261 g/mol. The topological polar surface area (TPSA) is 0 Å². The van der Waals surface area contributed by atoms with Crippen molar-refractivity contribution in [1.29, 1.82) is 0 Å². The van der Waals surface area contributed by atoms with E-state index in [4.69, 9.17) is 0 Å². The van der Waals surface area contributed by atoms with Gasteiger partial charge in [0.1, 0.15) is 0 Å². The Morgan fingerprint density at radius 1 is 0.632 bits per heavy atom. The largest absolute Gasteiger partial charge is 0.0957 e. The molecule has 0 spiro atoms. The summed E-state index contributed by atoms with van der Waals surface area (Å²) < 4.78 is 0. The van der Waals surface area contributed by atoms with Crippen molar-refractivity contribution >= 4 is 0 Å². The van der Waals surface area contributed by atoms with Crippen molar-refractivity contribution < 1.29 is 0 Å². The Morgan fingerprint density at radius 3 is 1.21 bits per heavy atom. The van der Waals surface area contributed by atoms with Crippen molar-refractivity contribution in [2.24, 2.45) is 16.2 Å². The van der Waals surface area contributed by atoms with Gasteiger partial charge in [-0.05, 0) is 38.5 Å². The second kappa shape index (κ2) is 4.71. The van der Waals surface area contributed by atoms with Crippen LogP contribution in [0.2, 0.25) is 0 Å². The number of rotatable bonds is 6. The van der Waals surface area contributed by atoms with Crippen LogP contribution in [0.15, 0.2) is 0 Å².